The van der Waals surface area contributed by atoms with Gasteiger partial charge in [-0.05, 0) is 12.8 Å². The summed E-state index contributed by atoms with van der Waals surface area (Å²) in [6.07, 6.45) is -0.266. The Hall–Kier alpha value is -1.81. The molecule has 2 aliphatic rings. The van der Waals surface area contributed by atoms with Crippen LogP contribution in [0.5, 0.6) is 0 Å². The minimum absolute atomic E-state index is 0.227. The Morgan fingerprint density at radius 3 is 2.71 bits per heavy atom. The molecule has 1 aliphatic heterocycles. The quantitative estimate of drug-likeness (QED) is 0.501. The molecule has 1 saturated heterocycles. The number of hydrogen-bond donors (Lipinski definition) is 4. The minimum Gasteiger partial charge on any atom is -0.390 e. The van der Waals surface area contributed by atoms with Gasteiger partial charge >= 0.3 is 0 Å². The monoisotopic (exact) mass is 293 g/mol. The summed E-state index contributed by atoms with van der Waals surface area (Å²) >= 11 is 0. The summed E-state index contributed by atoms with van der Waals surface area (Å²) in [6, 6.07) is 0. The second kappa shape index (κ2) is 4.10. The van der Waals surface area contributed by atoms with Crippen molar-refractivity contribution in [2.24, 2.45) is 0 Å². The molecule has 5 atom stereocenters. The maximum Gasteiger partial charge on any atom is 0.167 e. The van der Waals surface area contributed by atoms with Gasteiger partial charge in [0.05, 0.1) is 12.4 Å². The molecule has 2 aromatic heterocycles. The second-order valence-electron chi connectivity index (χ2n) is 5.54. The van der Waals surface area contributed by atoms with Crippen molar-refractivity contribution in [1.82, 2.24) is 19.5 Å². The highest BCUT2D eigenvalue weighted by Gasteiger charge is 2.63. The fourth-order valence-corrected chi connectivity index (χ4v) is 3.13. The summed E-state index contributed by atoms with van der Waals surface area (Å²) in [5, 5.41) is 30.4. The Morgan fingerprint density at radius 2 is 2.10 bits per heavy atom. The standard InChI is InChI=1S/C12H15N5O4/c13-9-6-10(15-3-14-9)17(4-16-6)11-7(19)8(20)12(21-11)2-1-5(12)18/h3-5,7-8,11,18-20H,1-2H2,(H2,13,14,15)/t5-,7?,8?,11+,12+/m0/s1. The summed E-state index contributed by atoms with van der Waals surface area (Å²) in [5.74, 6) is 0.227. The van der Waals surface area contributed by atoms with Crippen molar-refractivity contribution in [2.75, 3.05) is 5.73 Å². The van der Waals surface area contributed by atoms with Crippen LogP contribution in [-0.2, 0) is 4.74 Å². The van der Waals surface area contributed by atoms with Crippen LogP contribution in [-0.4, -0.2) is 58.8 Å². The SMILES string of the molecule is Nc1ncnc2c1ncn2[C@@H]1O[C@@]2(CC[C@@H]2O)C(O)C1O. The summed E-state index contributed by atoms with van der Waals surface area (Å²) in [7, 11) is 0. The number of fused-ring (bicyclic) bond motifs is 1. The van der Waals surface area contributed by atoms with E-state index < -0.39 is 30.1 Å². The fourth-order valence-electron chi connectivity index (χ4n) is 3.13. The number of nitrogens with zero attached hydrogens (tertiary/aromatic N) is 4. The van der Waals surface area contributed by atoms with Crippen molar-refractivity contribution >= 4 is 17.0 Å². The van der Waals surface area contributed by atoms with Gasteiger partial charge in [0.2, 0.25) is 0 Å². The normalized spacial score (nSPS) is 39.0. The van der Waals surface area contributed by atoms with Gasteiger partial charge in [0.1, 0.15) is 29.7 Å². The first-order valence-corrected chi connectivity index (χ1v) is 6.69. The fraction of sp³-hybridized carbons (Fsp3) is 0.583. The molecule has 9 nitrogen and oxygen atoms in total. The Balaban J connectivity index is 1.78. The number of hydrogen-bond acceptors (Lipinski definition) is 8. The van der Waals surface area contributed by atoms with Crippen molar-refractivity contribution in [3.05, 3.63) is 12.7 Å². The number of aliphatic hydroxyl groups is 3. The number of imidazole rings is 1. The molecule has 112 valence electrons. The van der Waals surface area contributed by atoms with E-state index in [-0.39, 0.29) is 5.82 Å². The highest BCUT2D eigenvalue weighted by molar-refractivity contribution is 5.81. The predicted molar refractivity (Wildman–Crippen MR) is 69.8 cm³/mol. The number of nitrogens with two attached hydrogens (primary N) is 1. The van der Waals surface area contributed by atoms with E-state index in [4.69, 9.17) is 10.5 Å². The van der Waals surface area contributed by atoms with E-state index in [1.807, 2.05) is 0 Å². The third-order valence-corrected chi connectivity index (χ3v) is 4.49. The minimum atomic E-state index is -1.19. The maximum atomic E-state index is 10.3. The zero-order chi connectivity index (χ0) is 14.8. The van der Waals surface area contributed by atoms with Gasteiger partial charge in [-0.15, -0.1) is 0 Å². The molecule has 2 fully saturated rings. The van der Waals surface area contributed by atoms with E-state index in [9.17, 15) is 15.3 Å². The lowest BCUT2D eigenvalue weighted by atomic mass is 9.73. The Kier molecular flexibility index (Phi) is 2.52. The molecule has 2 unspecified atom stereocenters. The van der Waals surface area contributed by atoms with Gasteiger partial charge in [0.15, 0.2) is 17.7 Å². The zero-order valence-electron chi connectivity index (χ0n) is 11.0. The van der Waals surface area contributed by atoms with Crippen LogP contribution in [0.2, 0.25) is 0 Å². The topological polar surface area (TPSA) is 140 Å². The first-order chi connectivity index (χ1) is 10.0. The second-order valence-corrected chi connectivity index (χ2v) is 5.54. The molecule has 1 saturated carbocycles. The summed E-state index contributed by atoms with van der Waals surface area (Å²) in [4.78, 5) is 12.0. The van der Waals surface area contributed by atoms with E-state index >= 15 is 0 Å². The van der Waals surface area contributed by atoms with Crippen molar-refractivity contribution in [3.63, 3.8) is 0 Å². The van der Waals surface area contributed by atoms with Gasteiger partial charge in [0, 0.05) is 0 Å². The largest absolute Gasteiger partial charge is 0.390 e. The molecule has 0 radical (unpaired) electrons. The van der Waals surface area contributed by atoms with Crippen molar-refractivity contribution < 1.29 is 20.1 Å². The van der Waals surface area contributed by atoms with Crippen LogP contribution in [0.1, 0.15) is 19.1 Å². The molecular weight excluding hydrogens is 278 g/mol. The van der Waals surface area contributed by atoms with Crippen LogP contribution in [0.25, 0.3) is 11.2 Å². The summed E-state index contributed by atoms with van der Waals surface area (Å²) < 4.78 is 7.29. The number of anilines is 1. The number of aromatic nitrogens is 4. The van der Waals surface area contributed by atoms with E-state index in [1.165, 1.54) is 17.2 Å². The lowest BCUT2D eigenvalue weighted by Gasteiger charge is -2.44. The van der Waals surface area contributed by atoms with E-state index in [2.05, 4.69) is 15.0 Å². The Labute approximate surface area is 119 Å². The number of rotatable bonds is 1. The smallest absolute Gasteiger partial charge is 0.167 e. The molecular formula is C12H15N5O4. The Morgan fingerprint density at radius 1 is 1.29 bits per heavy atom. The van der Waals surface area contributed by atoms with Crippen LogP contribution < -0.4 is 5.73 Å². The van der Waals surface area contributed by atoms with Gasteiger partial charge in [0.25, 0.3) is 0 Å². The maximum absolute atomic E-state index is 10.3. The first-order valence-electron chi connectivity index (χ1n) is 6.69. The highest BCUT2D eigenvalue weighted by Crippen LogP contribution is 2.49. The molecule has 21 heavy (non-hydrogen) atoms. The van der Waals surface area contributed by atoms with Gasteiger partial charge in [-0.2, -0.15) is 0 Å². The van der Waals surface area contributed by atoms with Crippen molar-refractivity contribution in [1.29, 1.82) is 0 Å². The van der Waals surface area contributed by atoms with E-state index in [0.29, 0.717) is 24.0 Å². The van der Waals surface area contributed by atoms with E-state index in [0.717, 1.165) is 0 Å². The van der Waals surface area contributed by atoms with Crippen LogP contribution in [0.15, 0.2) is 12.7 Å². The third kappa shape index (κ3) is 1.51. The van der Waals surface area contributed by atoms with E-state index in [1.54, 1.807) is 0 Å². The zero-order valence-corrected chi connectivity index (χ0v) is 11.0. The van der Waals surface area contributed by atoms with Crippen LogP contribution in [0.3, 0.4) is 0 Å². The molecule has 1 aliphatic carbocycles. The molecule has 2 aromatic rings. The number of ether oxygens (including phenoxy) is 1. The molecule has 4 rings (SSSR count). The lowest BCUT2D eigenvalue weighted by molar-refractivity contribution is -0.213. The van der Waals surface area contributed by atoms with Crippen LogP contribution in [0, 0.1) is 0 Å². The molecule has 0 amide bonds. The van der Waals surface area contributed by atoms with Crippen LogP contribution in [0.4, 0.5) is 5.82 Å². The number of nitrogen functional groups attached to an aromatic ring is 1. The van der Waals surface area contributed by atoms with Gasteiger partial charge in [-0.1, -0.05) is 0 Å². The number of aliphatic hydroxyl groups excluding tert-OH is 3. The average Bonchev–Trinajstić information content (AvgIpc) is 3.01. The van der Waals surface area contributed by atoms with Gasteiger partial charge in [-0.25, -0.2) is 15.0 Å². The average molecular weight is 293 g/mol. The highest BCUT2D eigenvalue weighted by atomic mass is 16.6. The first kappa shape index (κ1) is 12.9. The summed E-state index contributed by atoms with van der Waals surface area (Å²) in [6.45, 7) is 0. The molecule has 1 spiro atoms. The predicted octanol–water partition coefficient (Wildman–Crippen LogP) is -1.45. The lowest BCUT2D eigenvalue weighted by Crippen LogP contribution is -2.59. The molecule has 0 bridgehead atoms. The van der Waals surface area contributed by atoms with Crippen molar-refractivity contribution in [3.8, 4) is 0 Å². The molecule has 5 N–H and O–H groups in total. The van der Waals surface area contributed by atoms with Crippen molar-refractivity contribution in [2.45, 2.75) is 43.0 Å². The summed E-state index contributed by atoms with van der Waals surface area (Å²) in [5.41, 5.74) is 5.42. The van der Waals surface area contributed by atoms with Crippen LogP contribution >= 0.6 is 0 Å². The molecule has 3 heterocycles. The third-order valence-electron chi connectivity index (χ3n) is 4.49. The van der Waals surface area contributed by atoms with Gasteiger partial charge < -0.3 is 25.8 Å². The molecule has 0 aromatic carbocycles. The Bertz CT molecular complexity index is 706. The molecule has 9 heteroatoms. The van der Waals surface area contributed by atoms with Gasteiger partial charge in [-0.3, -0.25) is 4.57 Å².